The van der Waals surface area contributed by atoms with Gasteiger partial charge in [-0.25, -0.2) is 0 Å². The van der Waals surface area contributed by atoms with E-state index in [2.05, 4.69) is 10.2 Å². The molecule has 3 rings (SSSR count). The highest BCUT2D eigenvalue weighted by atomic mass is 16.4. The summed E-state index contributed by atoms with van der Waals surface area (Å²) in [7, 11) is 0. The van der Waals surface area contributed by atoms with Crippen LogP contribution in [0.3, 0.4) is 0 Å². The maximum absolute atomic E-state index is 10.9. The summed E-state index contributed by atoms with van der Waals surface area (Å²) in [4.78, 5) is 13.4. The molecule has 0 bridgehead atoms. The monoisotopic (exact) mass is 238 g/mol. The standard InChI is InChI=1S/C13H22N2O2/c16-13(17)6-9-5-11(14-10-1-2-10)8-15(7-9)12-3-4-12/h9-12,14H,1-8H2,(H,16,17). The number of hydrogen-bond donors (Lipinski definition) is 2. The van der Waals surface area contributed by atoms with E-state index in [4.69, 9.17) is 5.11 Å². The quantitative estimate of drug-likeness (QED) is 0.752. The number of carboxylic acid groups (broad SMARTS) is 1. The van der Waals surface area contributed by atoms with Crippen LogP contribution in [0.1, 0.15) is 38.5 Å². The molecule has 0 amide bonds. The first kappa shape index (κ1) is 11.5. The van der Waals surface area contributed by atoms with Crippen LogP contribution in [0.2, 0.25) is 0 Å². The van der Waals surface area contributed by atoms with Crippen molar-refractivity contribution in [1.82, 2.24) is 10.2 Å². The molecule has 2 saturated carbocycles. The van der Waals surface area contributed by atoms with Crippen LogP contribution in [0.15, 0.2) is 0 Å². The molecule has 96 valence electrons. The summed E-state index contributed by atoms with van der Waals surface area (Å²) >= 11 is 0. The van der Waals surface area contributed by atoms with E-state index in [0.29, 0.717) is 18.4 Å². The lowest BCUT2D eigenvalue weighted by Crippen LogP contribution is -2.50. The molecule has 2 N–H and O–H groups in total. The fraction of sp³-hybridized carbons (Fsp3) is 0.923. The Morgan fingerprint density at radius 2 is 1.94 bits per heavy atom. The Kier molecular flexibility index (Phi) is 3.09. The van der Waals surface area contributed by atoms with E-state index in [1.165, 1.54) is 25.7 Å². The van der Waals surface area contributed by atoms with E-state index < -0.39 is 5.97 Å². The van der Waals surface area contributed by atoms with Crippen molar-refractivity contribution in [3.63, 3.8) is 0 Å². The number of aliphatic carboxylic acids is 1. The summed E-state index contributed by atoms with van der Waals surface area (Å²) in [6.45, 7) is 2.14. The highest BCUT2D eigenvalue weighted by Gasteiger charge is 2.38. The maximum Gasteiger partial charge on any atom is 0.303 e. The van der Waals surface area contributed by atoms with Gasteiger partial charge in [-0.15, -0.1) is 0 Å². The van der Waals surface area contributed by atoms with Gasteiger partial charge in [-0.1, -0.05) is 0 Å². The molecule has 4 heteroatoms. The van der Waals surface area contributed by atoms with Crippen molar-refractivity contribution in [2.75, 3.05) is 13.1 Å². The molecule has 0 spiro atoms. The van der Waals surface area contributed by atoms with Gasteiger partial charge in [0.1, 0.15) is 0 Å². The van der Waals surface area contributed by atoms with Crippen LogP contribution in [-0.4, -0.2) is 47.2 Å². The van der Waals surface area contributed by atoms with Gasteiger partial charge in [-0.3, -0.25) is 9.69 Å². The summed E-state index contributed by atoms with van der Waals surface area (Å²) in [5.74, 6) is -0.295. The fourth-order valence-electron chi connectivity index (χ4n) is 3.08. The van der Waals surface area contributed by atoms with Gasteiger partial charge in [-0.2, -0.15) is 0 Å². The molecule has 3 aliphatic rings. The van der Waals surface area contributed by atoms with E-state index in [9.17, 15) is 4.79 Å². The highest BCUT2D eigenvalue weighted by Crippen LogP contribution is 2.33. The minimum atomic E-state index is -0.641. The molecule has 0 aromatic carbocycles. The van der Waals surface area contributed by atoms with Crippen molar-refractivity contribution in [2.24, 2.45) is 5.92 Å². The van der Waals surface area contributed by atoms with Crippen molar-refractivity contribution in [1.29, 1.82) is 0 Å². The number of hydrogen-bond acceptors (Lipinski definition) is 3. The molecule has 2 atom stereocenters. The summed E-state index contributed by atoms with van der Waals surface area (Å²) in [5, 5.41) is 12.6. The van der Waals surface area contributed by atoms with Gasteiger partial charge >= 0.3 is 5.97 Å². The first-order valence-electron chi connectivity index (χ1n) is 6.92. The number of carboxylic acids is 1. The highest BCUT2D eigenvalue weighted by molar-refractivity contribution is 5.67. The zero-order chi connectivity index (χ0) is 11.8. The van der Waals surface area contributed by atoms with Gasteiger partial charge in [0.25, 0.3) is 0 Å². The molecule has 0 radical (unpaired) electrons. The maximum atomic E-state index is 10.9. The Balaban J connectivity index is 1.57. The third-order valence-corrected chi connectivity index (χ3v) is 4.14. The smallest absolute Gasteiger partial charge is 0.303 e. The average Bonchev–Trinajstić information content (AvgIpc) is 3.12. The second-order valence-electron chi connectivity index (χ2n) is 6.02. The third-order valence-electron chi connectivity index (χ3n) is 4.14. The van der Waals surface area contributed by atoms with Gasteiger partial charge in [0.2, 0.25) is 0 Å². The van der Waals surface area contributed by atoms with Crippen LogP contribution < -0.4 is 5.32 Å². The van der Waals surface area contributed by atoms with Crippen molar-refractivity contribution in [3.8, 4) is 0 Å². The Morgan fingerprint density at radius 1 is 1.18 bits per heavy atom. The first-order valence-corrected chi connectivity index (χ1v) is 6.92. The van der Waals surface area contributed by atoms with E-state index in [1.54, 1.807) is 0 Å². The molecule has 2 unspecified atom stereocenters. The average molecular weight is 238 g/mol. The number of likely N-dealkylation sites (tertiary alicyclic amines) is 1. The Bertz CT molecular complexity index is 300. The first-order chi connectivity index (χ1) is 8.20. The number of piperidine rings is 1. The lowest BCUT2D eigenvalue weighted by molar-refractivity contribution is -0.138. The van der Waals surface area contributed by atoms with E-state index >= 15 is 0 Å². The van der Waals surface area contributed by atoms with Crippen molar-refractivity contribution in [3.05, 3.63) is 0 Å². The fourth-order valence-corrected chi connectivity index (χ4v) is 3.08. The molecule has 0 aromatic rings. The zero-order valence-electron chi connectivity index (χ0n) is 10.3. The number of nitrogens with zero attached hydrogens (tertiary/aromatic N) is 1. The Morgan fingerprint density at radius 3 is 2.53 bits per heavy atom. The van der Waals surface area contributed by atoms with Crippen LogP contribution in [-0.2, 0) is 4.79 Å². The van der Waals surface area contributed by atoms with Crippen LogP contribution >= 0.6 is 0 Å². The van der Waals surface area contributed by atoms with Gasteiger partial charge in [0, 0.05) is 37.6 Å². The second-order valence-corrected chi connectivity index (χ2v) is 6.02. The lowest BCUT2D eigenvalue weighted by Gasteiger charge is -2.38. The molecule has 4 nitrogen and oxygen atoms in total. The molecule has 0 aromatic heterocycles. The molecule has 1 aliphatic heterocycles. The van der Waals surface area contributed by atoms with Crippen LogP contribution in [0.4, 0.5) is 0 Å². The molecular weight excluding hydrogens is 216 g/mol. The number of nitrogens with one attached hydrogen (secondary N) is 1. The predicted molar refractivity (Wildman–Crippen MR) is 64.9 cm³/mol. The molecular formula is C13H22N2O2. The summed E-state index contributed by atoms with van der Waals surface area (Å²) in [6.07, 6.45) is 6.64. The summed E-state index contributed by atoms with van der Waals surface area (Å²) in [5.41, 5.74) is 0. The number of carbonyl (C=O) groups is 1. The SMILES string of the molecule is O=C(O)CC1CC(NC2CC2)CN(C2CC2)C1. The van der Waals surface area contributed by atoms with Crippen molar-refractivity contribution >= 4 is 5.97 Å². The Hall–Kier alpha value is -0.610. The molecule has 1 heterocycles. The summed E-state index contributed by atoms with van der Waals surface area (Å²) in [6, 6.07) is 2.01. The lowest BCUT2D eigenvalue weighted by atomic mass is 9.91. The molecule has 17 heavy (non-hydrogen) atoms. The van der Waals surface area contributed by atoms with Gasteiger partial charge in [0.05, 0.1) is 0 Å². The third kappa shape index (κ3) is 3.19. The number of rotatable bonds is 5. The van der Waals surface area contributed by atoms with Gasteiger partial charge in [0.15, 0.2) is 0 Å². The normalized spacial score (nSPS) is 34.8. The molecule has 2 aliphatic carbocycles. The van der Waals surface area contributed by atoms with Gasteiger partial charge in [-0.05, 0) is 38.0 Å². The molecule has 3 fully saturated rings. The minimum absolute atomic E-state index is 0.339. The van der Waals surface area contributed by atoms with E-state index in [0.717, 1.165) is 31.6 Å². The van der Waals surface area contributed by atoms with Gasteiger partial charge < -0.3 is 10.4 Å². The minimum Gasteiger partial charge on any atom is -0.481 e. The Labute approximate surface area is 102 Å². The predicted octanol–water partition coefficient (Wildman–Crippen LogP) is 1.07. The summed E-state index contributed by atoms with van der Waals surface area (Å²) < 4.78 is 0. The van der Waals surface area contributed by atoms with Crippen molar-refractivity contribution in [2.45, 2.75) is 56.7 Å². The molecule has 1 saturated heterocycles. The van der Waals surface area contributed by atoms with E-state index in [-0.39, 0.29) is 0 Å². The zero-order valence-corrected chi connectivity index (χ0v) is 10.3. The van der Waals surface area contributed by atoms with Crippen LogP contribution in [0, 0.1) is 5.92 Å². The van der Waals surface area contributed by atoms with Crippen LogP contribution in [0.5, 0.6) is 0 Å². The second kappa shape index (κ2) is 4.58. The topological polar surface area (TPSA) is 52.6 Å². The van der Waals surface area contributed by atoms with Crippen molar-refractivity contribution < 1.29 is 9.90 Å². The van der Waals surface area contributed by atoms with Crippen LogP contribution in [0.25, 0.3) is 0 Å². The largest absolute Gasteiger partial charge is 0.481 e. The van der Waals surface area contributed by atoms with E-state index in [1.807, 2.05) is 0 Å².